The SMILES string of the molecule is O=C(O)c1ccc(COc2ccccc2/C=C2\SC(=S)N(C[C@H]3CCCO3)C2=O)cc1. The Kier molecular flexibility index (Phi) is 6.70. The summed E-state index contributed by atoms with van der Waals surface area (Å²) in [5, 5.41) is 9.01. The number of rotatable bonds is 7. The van der Waals surface area contributed by atoms with Gasteiger partial charge in [0, 0.05) is 12.2 Å². The third-order valence-electron chi connectivity index (χ3n) is 5.08. The van der Waals surface area contributed by atoms with Gasteiger partial charge in [-0.15, -0.1) is 0 Å². The molecule has 2 saturated heterocycles. The summed E-state index contributed by atoms with van der Waals surface area (Å²) in [6, 6.07) is 14.0. The highest BCUT2D eigenvalue weighted by molar-refractivity contribution is 8.26. The summed E-state index contributed by atoms with van der Waals surface area (Å²) in [6.45, 7) is 1.51. The first-order valence-corrected chi connectivity index (χ1v) is 11.1. The Morgan fingerprint density at radius 1 is 1.26 bits per heavy atom. The van der Waals surface area contributed by atoms with Crippen LogP contribution < -0.4 is 4.74 Å². The van der Waals surface area contributed by atoms with Crippen molar-refractivity contribution >= 4 is 46.3 Å². The fourth-order valence-electron chi connectivity index (χ4n) is 3.43. The number of carbonyl (C=O) groups excluding carboxylic acids is 1. The molecule has 0 aliphatic carbocycles. The Morgan fingerprint density at radius 2 is 2.03 bits per heavy atom. The van der Waals surface area contributed by atoms with E-state index in [4.69, 9.17) is 26.8 Å². The Labute approximate surface area is 189 Å². The van der Waals surface area contributed by atoms with Gasteiger partial charge in [-0.1, -0.05) is 54.3 Å². The van der Waals surface area contributed by atoms with Crippen LogP contribution in [-0.2, 0) is 16.1 Å². The van der Waals surface area contributed by atoms with Gasteiger partial charge in [-0.3, -0.25) is 9.69 Å². The van der Waals surface area contributed by atoms with Crippen LogP contribution in [0, 0.1) is 0 Å². The second-order valence-electron chi connectivity index (χ2n) is 7.26. The number of amides is 1. The molecular weight excluding hydrogens is 434 g/mol. The lowest BCUT2D eigenvalue weighted by Crippen LogP contribution is -2.35. The number of carboxylic acid groups (broad SMARTS) is 1. The van der Waals surface area contributed by atoms with Gasteiger partial charge in [-0.25, -0.2) is 4.79 Å². The maximum Gasteiger partial charge on any atom is 0.335 e. The molecule has 0 aromatic heterocycles. The molecule has 2 aromatic carbocycles. The topological polar surface area (TPSA) is 76.1 Å². The molecule has 0 saturated carbocycles. The molecule has 0 spiro atoms. The van der Waals surface area contributed by atoms with Crippen LogP contribution in [0.4, 0.5) is 0 Å². The van der Waals surface area contributed by atoms with E-state index in [1.165, 1.54) is 11.8 Å². The number of hydrogen-bond acceptors (Lipinski definition) is 6. The predicted octanol–water partition coefficient (Wildman–Crippen LogP) is 4.34. The van der Waals surface area contributed by atoms with Gasteiger partial charge in [0.05, 0.1) is 23.1 Å². The van der Waals surface area contributed by atoms with Crippen LogP contribution in [0.25, 0.3) is 6.08 Å². The first kappa shape index (κ1) is 21.5. The number of carboxylic acids is 1. The molecule has 31 heavy (non-hydrogen) atoms. The van der Waals surface area contributed by atoms with E-state index in [9.17, 15) is 9.59 Å². The summed E-state index contributed by atoms with van der Waals surface area (Å²) in [5.74, 6) is -0.437. The van der Waals surface area contributed by atoms with Crippen LogP contribution >= 0.6 is 24.0 Å². The van der Waals surface area contributed by atoms with E-state index in [1.54, 1.807) is 35.2 Å². The van der Waals surface area contributed by atoms with Crippen LogP contribution in [0.1, 0.15) is 34.3 Å². The smallest absolute Gasteiger partial charge is 0.335 e. The van der Waals surface area contributed by atoms with Crippen molar-refractivity contribution in [1.29, 1.82) is 0 Å². The van der Waals surface area contributed by atoms with Crippen LogP contribution in [0.2, 0.25) is 0 Å². The van der Waals surface area contributed by atoms with Gasteiger partial charge in [0.15, 0.2) is 0 Å². The number of ether oxygens (including phenoxy) is 2. The lowest BCUT2D eigenvalue weighted by molar-refractivity contribution is -0.123. The number of nitrogens with zero attached hydrogens (tertiary/aromatic N) is 1. The molecular formula is C23H21NO5S2. The van der Waals surface area contributed by atoms with E-state index in [-0.39, 0.29) is 24.2 Å². The van der Waals surface area contributed by atoms with Gasteiger partial charge >= 0.3 is 5.97 Å². The van der Waals surface area contributed by atoms with Crippen LogP contribution in [0.5, 0.6) is 5.75 Å². The Morgan fingerprint density at radius 3 is 2.74 bits per heavy atom. The highest BCUT2D eigenvalue weighted by Gasteiger charge is 2.34. The second-order valence-corrected chi connectivity index (χ2v) is 8.93. The van der Waals surface area contributed by atoms with Gasteiger partial charge < -0.3 is 14.6 Å². The molecule has 2 aliphatic rings. The standard InChI is InChI=1S/C23H21NO5S2/c25-21-20(31-23(30)24(21)13-18-5-3-11-28-18)12-17-4-1-2-6-19(17)29-14-15-7-9-16(10-8-15)22(26)27/h1-2,4,6-10,12,18H,3,5,11,13-14H2,(H,26,27)/b20-12-/t18-/m1/s1. The number of aromatic carboxylic acids is 1. The molecule has 0 unspecified atom stereocenters. The van der Waals surface area contributed by atoms with Gasteiger partial charge in [0.25, 0.3) is 5.91 Å². The van der Waals surface area contributed by atoms with Crippen molar-refractivity contribution in [3.8, 4) is 5.75 Å². The molecule has 8 heteroatoms. The zero-order valence-corrected chi connectivity index (χ0v) is 18.3. The largest absolute Gasteiger partial charge is 0.488 e. The first-order valence-electron chi connectivity index (χ1n) is 9.92. The zero-order chi connectivity index (χ0) is 21.8. The first-order chi connectivity index (χ1) is 15.0. The quantitative estimate of drug-likeness (QED) is 0.491. The van der Waals surface area contributed by atoms with Gasteiger partial charge in [0.1, 0.15) is 16.7 Å². The van der Waals surface area contributed by atoms with Crippen molar-refractivity contribution in [2.75, 3.05) is 13.2 Å². The summed E-state index contributed by atoms with van der Waals surface area (Å²) in [6.07, 6.45) is 3.81. The molecule has 2 aromatic rings. The average molecular weight is 456 g/mol. The molecule has 1 atom stereocenters. The summed E-state index contributed by atoms with van der Waals surface area (Å²) in [4.78, 5) is 26.1. The van der Waals surface area contributed by atoms with E-state index in [1.807, 2.05) is 24.3 Å². The maximum absolute atomic E-state index is 12.9. The van der Waals surface area contributed by atoms with E-state index < -0.39 is 5.97 Å². The van der Waals surface area contributed by atoms with Crippen molar-refractivity contribution in [1.82, 2.24) is 4.90 Å². The Hall–Kier alpha value is -2.68. The predicted molar refractivity (Wildman–Crippen MR) is 123 cm³/mol. The summed E-state index contributed by atoms with van der Waals surface area (Å²) >= 11 is 6.71. The summed E-state index contributed by atoms with van der Waals surface area (Å²) < 4.78 is 12.1. The molecule has 1 N–H and O–H groups in total. The number of thiocarbonyl (C=S) groups is 1. The van der Waals surface area contributed by atoms with Crippen molar-refractivity contribution in [2.24, 2.45) is 0 Å². The number of thioether (sulfide) groups is 1. The Balaban J connectivity index is 1.46. The van der Waals surface area contributed by atoms with Crippen LogP contribution in [0.3, 0.4) is 0 Å². The van der Waals surface area contributed by atoms with E-state index in [0.29, 0.717) is 21.5 Å². The highest BCUT2D eigenvalue weighted by Crippen LogP contribution is 2.35. The normalized spacial score (nSPS) is 19.9. The third kappa shape index (κ3) is 5.15. The molecule has 2 aliphatic heterocycles. The van der Waals surface area contributed by atoms with Crippen molar-refractivity contribution in [2.45, 2.75) is 25.6 Å². The van der Waals surface area contributed by atoms with Crippen LogP contribution in [-0.4, -0.2) is 45.5 Å². The summed E-state index contributed by atoms with van der Waals surface area (Å²) in [7, 11) is 0. The van der Waals surface area contributed by atoms with Crippen molar-refractivity contribution in [3.05, 3.63) is 70.1 Å². The molecule has 6 nitrogen and oxygen atoms in total. The Bertz CT molecular complexity index is 1030. The monoisotopic (exact) mass is 455 g/mol. The van der Waals surface area contributed by atoms with E-state index in [2.05, 4.69) is 0 Å². The number of hydrogen-bond donors (Lipinski definition) is 1. The number of para-hydroxylation sites is 1. The minimum Gasteiger partial charge on any atom is -0.488 e. The summed E-state index contributed by atoms with van der Waals surface area (Å²) in [5.41, 5.74) is 1.86. The minimum absolute atomic E-state index is 0.0463. The zero-order valence-electron chi connectivity index (χ0n) is 16.7. The van der Waals surface area contributed by atoms with Gasteiger partial charge in [-0.2, -0.15) is 0 Å². The third-order valence-corrected chi connectivity index (χ3v) is 6.46. The van der Waals surface area contributed by atoms with Crippen molar-refractivity contribution < 1.29 is 24.2 Å². The molecule has 1 amide bonds. The van der Waals surface area contributed by atoms with Gasteiger partial charge in [-0.05, 0) is 42.7 Å². The fourth-order valence-corrected chi connectivity index (χ4v) is 4.69. The average Bonchev–Trinajstić information content (AvgIpc) is 3.37. The number of carbonyl (C=O) groups is 2. The molecule has 4 rings (SSSR count). The molecule has 160 valence electrons. The van der Waals surface area contributed by atoms with E-state index in [0.717, 1.165) is 30.6 Å². The molecule has 2 heterocycles. The van der Waals surface area contributed by atoms with Crippen molar-refractivity contribution in [3.63, 3.8) is 0 Å². The molecule has 2 fully saturated rings. The second kappa shape index (κ2) is 9.64. The van der Waals surface area contributed by atoms with Crippen LogP contribution in [0.15, 0.2) is 53.4 Å². The highest BCUT2D eigenvalue weighted by atomic mass is 32.2. The van der Waals surface area contributed by atoms with Gasteiger partial charge in [0.2, 0.25) is 0 Å². The lowest BCUT2D eigenvalue weighted by Gasteiger charge is -2.18. The number of benzene rings is 2. The molecule has 0 radical (unpaired) electrons. The minimum atomic E-state index is -0.963. The lowest BCUT2D eigenvalue weighted by atomic mass is 10.1. The maximum atomic E-state index is 12.9. The van der Waals surface area contributed by atoms with E-state index >= 15 is 0 Å². The fraction of sp³-hybridized carbons (Fsp3) is 0.261. The molecule has 0 bridgehead atoms.